The molecule has 0 aromatic rings. The van der Waals surface area contributed by atoms with Gasteiger partial charge in [0.2, 0.25) is 5.91 Å². The van der Waals surface area contributed by atoms with Crippen molar-refractivity contribution in [1.82, 2.24) is 10.2 Å². The van der Waals surface area contributed by atoms with Crippen LogP contribution in [0.2, 0.25) is 0 Å². The number of carbonyl (C=O) groups excluding carboxylic acids is 1. The number of hydrogen-bond donors (Lipinski definition) is 2. The van der Waals surface area contributed by atoms with Gasteiger partial charge in [-0.25, -0.2) is 0 Å². The lowest BCUT2D eigenvalue weighted by atomic mass is 10.1. The molecule has 3 atom stereocenters. The summed E-state index contributed by atoms with van der Waals surface area (Å²) in [6, 6.07) is 0.121. The maximum atomic E-state index is 11.8. The van der Waals surface area contributed by atoms with E-state index in [1.807, 2.05) is 6.92 Å². The molecular weight excluding hydrogens is 230 g/mol. The minimum absolute atomic E-state index is 0.0964. The van der Waals surface area contributed by atoms with Gasteiger partial charge in [-0.05, 0) is 20.3 Å². The fourth-order valence-corrected chi connectivity index (χ4v) is 2.43. The molecule has 18 heavy (non-hydrogen) atoms. The zero-order chi connectivity index (χ0) is 13.5. The smallest absolute Gasteiger partial charge is 0.221 e. The highest BCUT2D eigenvalue weighted by molar-refractivity contribution is 5.76. The van der Waals surface area contributed by atoms with Gasteiger partial charge < -0.3 is 15.8 Å². The maximum Gasteiger partial charge on any atom is 0.221 e. The van der Waals surface area contributed by atoms with E-state index >= 15 is 0 Å². The first-order chi connectivity index (χ1) is 8.56. The molecule has 1 fully saturated rings. The number of nitrogens with zero attached hydrogens (tertiary/aromatic N) is 1. The summed E-state index contributed by atoms with van der Waals surface area (Å²) >= 11 is 0. The summed E-state index contributed by atoms with van der Waals surface area (Å²) < 4.78 is 5.70. The summed E-state index contributed by atoms with van der Waals surface area (Å²) in [5.41, 5.74) is 5.81. The molecule has 0 radical (unpaired) electrons. The molecule has 1 heterocycles. The third-order valence-corrected chi connectivity index (χ3v) is 3.23. The molecule has 5 heteroatoms. The van der Waals surface area contributed by atoms with Gasteiger partial charge in [0.15, 0.2) is 0 Å². The van der Waals surface area contributed by atoms with E-state index in [0.29, 0.717) is 13.0 Å². The van der Waals surface area contributed by atoms with Gasteiger partial charge in [0, 0.05) is 38.6 Å². The lowest BCUT2D eigenvalue weighted by molar-refractivity contribution is -0.124. The van der Waals surface area contributed by atoms with Gasteiger partial charge in [-0.15, -0.1) is 0 Å². The molecule has 1 amide bonds. The zero-order valence-corrected chi connectivity index (χ0v) is 11.8. The van der Waals surface area contributed by atoms with Crippen LogP contribution in [0.25, 0.3) is 0 Å². The summed E-state index contributed by atoms with van der Waals surface area (Å²) in [4.78, 5) is 14.0. The predicted octanol–water partition coefficient (Wildman–Crippen LogP) is 0.339. The first-order valence-corrected chi connectivity index (χ1v) is 6.93. The second-order valence-electron chi connectivity index (χ2n) is 5.15. The fourth-order valence-electron chi connectivity index (χ4n) is 2.43. The van der Waals surface area contributed by atoms with E-state index in [0.717, 1.165) is 26.1 Å². The normalized spacial score (nSPS) is 26.9. The van der Waals surface area contributed by atoms with Crippen LogP contribution in [-0.2, 0) is 9.53 Å². The number of hydrogen-bond acceptors (Lipinski definition) is 4. The molecule has 3 N–H and O–H groups in total. The van der Waals surface area contributed by atoms with Crippen molar-refractivity contribution in [1.29, 1.82) is 0 Å². The van der Waals surface area contributed by atoms with Crippen LogP contribution in [0.1, 0.15) is 33.6 Å². The Morgan fingerprint density at radius 1 is 1.44 bits per heavy atom. The summed E-state index contributed by atoms with van der Waals surface area (Å²) in [6.45, 7) is 9.14. The van der Waals surface area contributed by atoms with E-state index in [2.05, 4.69) is 24.1 Å². The molecule has 0 aromatic heterocycles. The quantitative estimate of drug-likeness (QED) is 0.720. The van der Waals surface area contributed by atoms with Crippen LogP contribution >= 0.6 is 0 Å². The number of nitrogens with one attached hydrogen (secondary N) is 1. The largest absolute Gasteiger partial charge is 0.373 e. The van der Waals surface area contributed by atoms with Crippen molar-refractivity contribution in [2.24, 2.45) is 5.73 Å². The van der Waals surface area contributed by atoms with Gasteiger partial charge >= 0.3 is 0 Å². The van der Waals surface area contributed by atoms with Crippen molar-refractivity contribution in [2.75, 3.05) is 26.2 Å². The molecule has 0 bridgehead atoms. The standard InChI is InChI=1S/C13H27N3O2/c1-4-5-15-13(17)6-12(7-14)16-8-10(2)18-11(3)9-16/h10-12H,4-9,14H2,1-3H3,(H,15,17). The number of rotatable bonds is 6. The summed E-state index contributed by atoms with van der Waals surface area (Å²) in [5.74, 6) is 0.0964. The van der Waals surface area contributed by atoms with Crippen LogP contribution < -0.4 is 11.1 Å². The summed E-state index contributed by atoms with van der Waals surface area (Å²) in [7, 11) is 0. The number of ether oxygens (including phenoxy) is 1. The van der Waals surface area contributed by atoms with Crippen molar-refractivity contribution in [3.05, 3.63) is 0 Å². The molecule has 1 aliphatic rings. The molecule has 106 valence electrons. The van der Waals surface area contributed by atoms with Crippen LogP contribution in [0, 0.1) is 0 Å². The Morgan fingerprint density at radius 3 is 2.56 bits per heavy atom. The van der Waals surface area contributed by atoms with E-state index in [9.17, 15) is 4.79 Å². The molecule has 1 rings (SSSR count). The SMILES string of the molecule is CCCNC(=O)CC(CN)N1CC(C)OC(C)C1. The average Bonchev–Trinajstić information content (AvgIpc) is 2.32. The summed E-state index contributed by atoms with van der Waals surface area (Å²) in [6.07, 6.45) is 1.86. The van der Waals surface area contributed by atoms with E-state index in [1.165, 1.54) is 0 Å². The molecular formula is C13H27N3O2. The van der Waals surface area contributed by atoms with Gasteiger partial charge in [-0.3, -0.25) is 9.69 Å². The Balaban J connectivity index is 2.46. The molecule has 1 saturated heterocycles. The van der Waals surface area contributed by atoms with Gasteiger partial charge in [0.1, 0.15) is 0 Å². The lowest BCUT2D eigenvalue weighted by Crippen LogP contribution is -2.53. The maximum absolute atomic E-state index is 11.8. The minimum Gasteiger partial charge on any atom is -0.373 e. The van der Waals surface area contributed by atoms with E-state index in [1.54, 1.807) is 0 Å². The van der Waals surface area contributed by atoms with Gasteiger partial charge in [0.25, 0.3) is 0 Å². The molecule has 1 aliphatic heterocycles. The molecule has 3 unspecified atom stereocenters. The van der Waals surface area contributed by atoms with E-state index in [-0.39, 0.29) is 24.2 Å². The van der Waals surface area contributed by atoms with E-state index < -0.39 is 0 Å². The highest BCUT2D eigenvalue weighted by Gasteiger charge is 2.28. The molecule has 0 saturated carbocycles. The monoisotopic (exact) mass is 257 g/mol. The number of nitrogens with two attached hydrogens (primary N) is 1. The van der Waals surface area contributed by atoms with Crippen LogP contribution in [0.5, 0.6) is 0 Å². The molecule has 0 spiro atoms. The predicted molar refractivity (Wildman–Crippen MR) is 72.3 cm³/mol. The van der Waals surface area contributed by atoms with Crippen LogP contribution in [0.4, 0.5) is 0 Å². The van der Waals surface area contributed by atoms with Crippen molar-refractivity contribution in [3.63, 3.8) is 0 Å². The molecule has 5 nitrogen and oxygen atoms in total. The Kier molecular flexibility index (Phi) is 6.60. The van der Waals surface area contributed by atoms with Gasteiger partial charge in [-0.1, -0.05) is 6.92 Å². The van der Waals surface area contributed by atoms with Gasteiger partial charge in [-0.2, -0.15) is 0 Å². The average molecular weight is 257 g/mol. The second kappa shape index (κ2) is 7.71. The number of amides is 1. The first-order valence-electron chi connectivity index (χ1n) is 6.93. The van der Waals surface area contributed by atoms with Crippen molar-refractivity contribution in [3.8, 4) is 0 Å². The van der Waals surface area contributed by atoms with E-state index in [4.69, 9.17) is 10.5 Å². The third kappa shape index (κ3) is 4.92. The topological polar surface area (TPSA) is 67.6 Å². The Bertz CT molecular complexity index is 251. The highest BCUT2D eigenvalue weighted by Crippen LogP contribution is 2.15. The zero-order valence-electron chi connectivity index (χ0n) is 11.8. The van der Waals surface area contributed by atoms with Crippen molar-refractivity contribution >= 4 is 5.91 Å². The number of morpholine rings is 1. The Hall–Kier alpha value is -0.650. The van der Waals surface area contributed by atoms with Crippen molar-refractivity contribution in [2.45, 2.75) is 51.9 Å². The molecule has 0 aromatic carbocycles. The van der Waals surface area contributed by atoms with Gasteiger partial charge in [0.05, 0.1) is 12.2 Å². The Labute approximate surface area is 110 Å². The lowest BCUT2D eigenvalue weighted by Gasteiger charge is -2.39. The van der Waals surface area contributed by atoms with Crippen molar-refractivity contribution < 1.29 is 9.53 Å². The van der Waals surface area contributed by atoms with Crippen LogP contribution in [0.15, 0.2) is 0 Å². The Morgan fingerprint density at radius 2 is 2.06 bits per heavy atom. The first kappa shape index (κ1) is 15.4. The number of carbonyl (C=O) groups is 1. The fraction of sp³-hybridized carbons (Fsp3) is 0.923. The minimum atomic E-state index is 0.0964. The highest BCUT2D eigenvalue weighted by atomic mass is 16.5. The summed E-state index contributed by atoms with van der Waals surface area (Å²) in [5, 5.41) is 2.91. The molecule has 0 aliphatic carbocycles. The second-order valence-corrected chi connectivity index (χ2v) is 5.15. The third-order valence-electron chi connectivity index (χ3n) is 3.23. The van der Waals surface area contributed by atoms with Crippen LogP contribution in [-0.4, -0.2) is 55.2 Å². The van der Waals surface area contributed by atoms with Crippen LogP contribution in [0.3, 0.4) is 0 Å².